The molecule has 0 amide bonds. The van der Waals surface area contributed by atoms with E-state index >= 15 is 0 Å². The minimum Gasteiger partial charge on any atom is -0.339 e. The molecule has 0 bridgehead atoms. The topological polar surface area (TPSA) is 62.7 Å². The summed E-state index contributed by atoms with van der Waals surface area (Å²) in [5.41, 5.74) is 6.82. The van der Waals surface area contributed by atoms with Gasteiger partial charge in [-0.25, -0.2) is 0 Å². The van der Waals surface area contributed by atoms with Crippen LogP contribution in [-0.2, 0) is 0 Å². The Kier molecular flexibility index (Phi) is 4.42. The molecule has 0 spiro atoms. The maximum absolute atomic E-state index is 4.48. The summed E-state index contributed by atoms with van der Waals surface area (Å²) in [6, 6.07) is 12.4. The second-order valence-electron chi connectivity index (χ2n) is 6.09. The van der Waals surface area contributed by atoms with Gasteiger partial charge in [0.05, 0.1) is 6.20 Å². The number of nitrogens with zero attached hydrogens (tertiary/aromatic N) is 3. The molecule has 0 radical (unpaired) electrons. The van der Waals surface area contributed by atoms with Crippen molar-refractivity contribution in [3.05, 3.63) is 64.8 Å². The monoisotopic (exact) mass is 319 g/mol. The van der Waals surface area contributed by atoms with Crippen molar-refractivity contribution >= 4 is 23.1 Å². The first kappa shape index (κ1) is 15.9. The van der Waals surface area contributed by atoms with Gasteiger partial charge in [-0.1, -0.05) is 12.1 Å². The van der Waals surface area contributed by atoms with Gasteiger partial charge in [-0.2, -0.15) is 10.1 Å². The highest BCUT2D eigenvalue weighted by Gasteiger charge is 2.04. The molecule has 0 aliphatic rings. The van der Waals surface area contributed by atoms with Crippen molar-refractivity contribution < 1.29 is 0 Å². The zero-order valence-electron chi connectivity index (χ0n) is 14.4. The van der Waals surface area contributed by atoms with E-state index in [1.54, 1.807) is 6.20 Å². The third kappa shape index (κ3) is 3.87. The van der Waals surface area contributed by atoms with Gasteiger partial charge >= 0.3 is 0 Å². The summed E-state index contributed by atoms with van der Waals surface area (Å²) in [6.07, 6.45) is 1.61. The van der Waals surface area contributed by atoms with Crippen molar-refractivity contribution in [3.63, 3.8) is 0 Å². The summed E-state index contributed by atoms with van der Waals surface area (Å²) < 4.78 is 0. The normalized spacial score (nSPS) is 10.5. The van der Waals surface area contributed by atoms with Gasteiger partial charge in [0.2, 0.25) is 5.95 Å². The zero-order valence-corrected chi connectivity index (χ0v) is 14.4. The van der Waals surface area contributed by atoms with Gasteiger partial charge < -0.3 is 10.6 Å². The van der Waals surface area contributed by atoms with Crippen LogP contribution in [0.1, 0.15) is 22.3 Å². The number of benzene rings is 2. The number of anilines is 4. The molecule has 3 aromatic rings. The van der Waals surface area contributed by atoms with E-state index in [0.717, 1.165) is 11.4 Å². The van der Waals surface area contributed by atoms with Gasteiger partial charge in [-0.05, 0) is 74.2 Å². The van der Waals surface area contributed by atoms with E-state index < -0.39 is 0 Å². The SMILES string of the molecule is Cc1cc(C)cc(Nc2cnnc(Nc3ccc(C)c(C)c3)n2)c1. The third-order valence-corrected chi connectivity index (χ3v) is 3.82. The third-order valence-electron chi connectivity index (χ3n) is 3.82. The highest BCUT2D eigenvalue weighted by molar-refractivity contribution is 5.60. The van der Waals surface area contributed by atoms with Crippen LogP contribution in [0.15, 0.2) is 42.6 Å². The fourth-order valence-corrected chi connectivity index (χ4v) is 2.56. The van der Waals surface area contributed by atoms with Crippen LogP contribution in [0.25, 0.3) is 0 Å². The molecule has 1 aromatic heterocycles. The average Bonchev–Trinajstić information content (AvgIpc) is 2.50. The molecule has 0 atom stereocenters. The number of rotatable bonds is 4. The lowest BCUT2D eigenvalue weighted by Crippen LogP contribution is -2.03. The molecule has 0 fully saturated rings. The molecule has 5 heteroatoms. The standard InChI is InChI=1S/C19H21N5/c1-12-7-13(2)9-17(8-12)21-18-11-20-24-19(23-18)22-16-6-5-14(3)15(4)10-16/h5-11H,1-4H3,(H2,21,22,23,24). The second-order valence-corrected chi connectivity index (χ2v) is 6.09. The highest BCUT2D eigenvalue weighted by atomic mass is 15.3. The minimum absolute atomic E-state index is 0.465. The number of hydrogen-bond donors (Lipinski definition) is 2. The van der Waals surface area contributed by atoms with Crippen molar-refractivity contribution in [2.45, 2.75) is 27.7 Å². The predicted molar refractivity (Wildman–Crippen MR) is 98.2 cm³/mol. The summed E-state index contributed by atoms with van der Waals surface area (Å²) in [5.74, 6) is 1.12. The van der Waals surface area contributed by atoms with Crippen LogP contribution in [0.3, 0.4) is 0 Å². The zero-order chi connectivity index (χ0) is 17.1. The van der Waals surface area contributed by atoms with Gasteiger partial charge in [-0.15, -0.1) is 5.10 Å². The fourth-order valence-electron chi connectivity index (χ4n) is 2.56. The van der Waals surface area contributed by atoms with Crippen LogP contribution in [-0.4, -0.2) is 15.2 Å². The molecule has 0 unspecified atom stereocenters. The Bertz CT molecular complexity index is 853. The number of nitrogens with one attached hydrogen (secondary N) is 2. The van der Waals surface area contributed by atoms with Crippen molar-refractivity contribution in [2.75, 3.05) is 10.6 Å². The van der Waals surface area contributed by atoms with E-state index in [2.05, 4.69) is 83.8 Å². The quantitative estimate of drug-likeness (QED) is 0.736. The molecular formula is C19H21N5. The summed E-state index contributed by atoms with van der Waals surface area (Å²) in [6.45, 7) is 8.31. The Balaban J connectivity index is 1.79. The molecule has 5 nitrogen and oxygen atoms in total. The smallest absolute Gasteiger partial charge is 0.249 e. The molecule has 24 heavy (non-hydrogen) atoms. The minimum atomic E-state index is 0.465. The first-order chi connectivity index (χ1) is 11.5. The Hall–Kier alpha value is -2.95. The van der Waals surface area contributed by atoms with E-state index in [4.69, 9.17) is 0 Å². The first-order valence-electron chi connectivity index (χ1n) is 7.89. The van der Waals surface area contributed by atoms with E-state index in [-0.39, 0.29) is 0 Å². The second kappa shape index (κ2) is 6.66. The lowest BCUT2D eigenvalue weighted by molar-refractivity contribution is 0.982. The molecule has 0 saturated heterocycles. The molecule has 3 rings (SSSR count). The molecule has 0 aliphatic heterocycles. The number of aryl methyl sites for hydroxylation is 4. The van der Waals surface area contributed by atoms with Crippen LogP contribution >= 0.6 is 0 Å². The van der Waals surface area contributed by atoms with Gasteiger partial charge in [0.1, 0.15) is 0 Å². The van der Waals surface area contributed by atoms with Crippen LogP contribution in [0.4, 0.5) is 23.1 Å². The van der Waals surface area contributed by atoms with E-state index in [1.165, 1.54) is 22.3 Å². The first-order valence-corrected chi connectivity index (χ1v) is 7.89. The molecular weight excluding hydrogens is 298 g/mol. The van der Waals surface area contributed by atoms with Crippen molar-refractivity contribution in [1.82, 2.24) is 15.2 Å². The van der Waals surface area contributed by atoms with Crippen LogP contribution in [0.2, 0.25) is 0 Å². The maximum Gasteiger partial charge on any atom is 0.249 e. The molecule has 2 N–H and O–H groups in total. The lowest BCUT2D eigenvalue weighted by Gasteiger charge is -2.10. The van der Waals surface area contributed by atoms with Crippen LogP contribution in [0, 0.1) is 27.7 Å². The molecule has 2 aromatic carbocycles. The Morgan fingerprint density at radius 2 is 1.50 bits per heavy atom. The predicted octanol–water partition coefficient (Wildman–Crippen LogP) is 4.59. The summed E-state index contributed by atoms with van der Waals surface area (Å²) in [4.78, 5) is 4.48. The molecule has 1 heterocycles. The van der Waals surface area contributed by atoms with Gasteiger partial charge in [0, 0.05) is 11.4 Å². The fraction of sp³-hybridized carbons (Fsp3) is 0.211. The van der Waals surface area contributed by atoms with E-state index in [9.17, 15) is 0 Å². The summed E-state index contributed by atoms with van der Waals surface area (Å²) in [5, 5.41) is 14.6. The van der Waals surface area contributed by atoms with Crippen LogP contribution in [0.5, 0.6) is 0 Å². The number of hydrogen-bond acceptors (Lipinski definition) is 5. The highest BCUT2D eigenvalue weighted by Crippen LogP contribution is 2.20. The summed E-state index contributed by atoms with van der Waals surface area (Å²) >= 11 is 0. The Morgan fingerprint density at radius 3 is 2.21 bits per heavy atom. The van der Waals surface area contributed by atoms with Gasteiger partial charge in [0.15, 0.2) is 5.82 Å². The van der Waals surface area contributed by atoms with Crippen molar-refractivity contribution in [1.29, 1.82) is 0 Å². The van der Waals surface area contributed by atoms with Crippen LogP contribution < -0.4 is 10.6 Å². The molecule has 0 saturated carbocycles. The van der Waals surface area contributed by atoms with Crippen molar-refractivity contribution in [2.24, 2.45) is 0 Å². The largest absolute Gasteiger partial charge is 0.339 e. The van der Waals surface area contributed by atoms with Crippen molar-refractivity contribution in [3.8, 4) is 0 Å². The van der Waals surface area contributed by atoms with E-state index in [1.807, 2.05) is 6.07 Å². The van der Waals surface area contributed by atoms with Gasteiger partial charge in [0.25, 0.3) is 0 Å². The lowest BCUT2D eigenvalue weighted by atomic mass is 10.1. The Labute approximate surface area is 142 Å². The number of aromatic nitrogens is 3. The summed E-state index contributed by atoms with van der Waals surface area (Å²) in [7, 11) is 0. The average molecular weight is 319 g/mol. The van der Waals surface area contributed by atoms with E-state index in [0.29, 0.717) is 11.8 Å². The van der Waals surface area contributed by atoms with Gasteiger partial charge in [-0.3, -0.25) is 0 Å². The molecule has 122 valence electrons. The maximum atomic E-state index is 4.48. The Morgan fingerprint density at radius 1 is 0.750 bits per heavy atom. The molecule has 0 aliphatic carbocycles.